The van der Waals surface area contributed by atoms with E-state index in [9.17, 15) is 4.79 Å². The third-order valence-corrected chi connectivity index (χ3v) is 4.57. The lowest BCUT2D eigenvalue weighted by molar-refractivity contribution is 0.0948. The van der Waals surface area contributed by atoms with E-state index in [0.717, 1.165) is 15.1 Å². The van der Waals surface area contributed by atoms with Crippen LogP contribution in [0.1, 0.15) is 15.2 Å². The van der Waals surface area contributed by atoms with Crippen molar-refractivity contribution < 1.29 is 9.53 Å². The molecule has 0 saturated heterocycles. The summed E-state index contributed by atoms with van der Waals surface area (Å²) in [6.45, 7) is 0.552. The predicted molar refractivity (Wildman–Crippen MR) is 95.1 cm³/mol. The van der Waals surface area contributed by atoms with Gasteiger partial charge in [-0.05, 0) is 58.0 Å². The highest BCUT2D eigenvalue weighted by atomic mass is 79.9. The summed E-state index contributed by atoms with van der Waals surface area (Å²) >= 11 is 9.77. The van der Waals surface area contributed by atoms with Crippen molar-refractivity contribution in [3.8, 4) is 5.75 Å². The van der Waals surface area contributed by atoms with Gasteiger partial charge in [0.05, 0.1) is 15.8 Å². The van der Waals surface area contributed by atoms with E-state index in [1.54, 1.807) is 13.2 Å². The number of ether oxygens (including phenoxy) is 1. The molecule has 1 amide bonds. The Hall–Kier alpha value is -1.64. The molecule has 1 heterocycles. The third kappa shape index (κ3) is 4.97. The van der Waals surface area contributed by atoms with Crippen LogP contribution in [0.3, 0.4) is 0 Å². The highest BCUT2D eigenvalue weighted by molar-refractivity contribution is 9.11. The Kier molecular flexibility index (Phi) is 6.17. The molecule has 0 saturated carbocycles. The Morgan fingerprint density at radius 3 is 2.55 bits per heavy atom. The highest BCUT2D eigenvalue weighted by Crippen LogP contribution is 2.21. The van der Waals surface area contributed by atoms with Gasteiger partial charge in [-0.25, -0.2) is 0 Å². The van der Waals surface area contributed by atoms with Gasteiger partial charge < -0.3 is 10.1 Å². The van der Waals surface area contributed by atoms with Crippen molar-refractivity contribution in [2.45, 2.75) is 6.54 Å². The second-order valence-corrected chi connectivity index (χ2v) is 7.08. The predicted octanol–water partition coefficient (Wildman–Crippen LogP) is 2.83. The molecule has 0 aliphatic heterocycles. The lowest BCUT2D eigenvalue weighted by Gasteiger charge is -2.11. The van der Waals surface area contributed by atoms with Gasteiger partial charge in [0, 0.05) is 6.54 Å². The van der Waals surface area contributed by atoms with E-state index in [0.29, 0.717) is 16.5 Å². The van der Waals surface area contributed by atoms with Crippen molar-refractivity contribution in [3.05, 3.63) is 50.6 Å². The Morgan fingerprint density at radius 2 is 1.95 bits per heavy atom. The highest BCUT2D eigenvalue weighted by Gasteiger charge is 2.08. The summed E-state index contributed by atoms with van der Waals surface area (Å²) in [7, 11) is 1.63. The number of thiocarbonyl (C=S) groups is 1. The molecule has 8 heteroatoms. The molecule has 0 aliphatic carbocycles. The summed E-state index contributed by atoms with van der Waals surface area (Å²) in [6.07, 6.45) is 0. The Labute approximate surface area is 146 Å². The van der Waals surface area contributed by atoms with Crippen molar-refractivity contribution in [2.24, 2.45) is 0 Å². The van der Waals surface area contributed by atoms with Crippen LogP contribution in [0, 0.1) is 0 Å². The number of hydrazine groups is 1. The molecule has 116 valence electrons. The molecule has 2 aromatic rings. The summed E-state index contributed by atoms with van der Waals surface area (Å²) < 4.78 is 6.00. The van der Waals surface area contributed by atoms with E-state index >= 15 is 0 Å². The maximum Gasteiger partial charge on any atom is 0.279 e. The molecule has 0 aliphatic rings. The first-order valence-electron chi connectivity index (χ1n) is 6.31. The van der Waals surface area contributed by atoms with E-state index in [1.807, 2.05) is 30.3 Å². The lowest BCUT2D eigenvalue weighted by Crippen LogP contribution is -2.46. The van der Waals surface area contributed by atoms with Crippen LogP contribution in [0.2, 0.25) is 0 Å². The van der Waals surface area contributed by atoms with Crippen LogP contribution in [0.4, 0.5) is 0 Å². The molecule has 0 fully saturated rings. The molecule has 0 spiro atoms. The van der Waals surface area contributed by atoms with Crippen molar-refractivity contribution in [2.75, 3.05) is 7.11 Å². The number of carbonyl (C=O) groups excluding carboxylic acids is 1. The molecule has 0 bridgehead atoms. The van der Waals surface area contributed by atoms with Crippen molar-refractivity contribution in [3.63, 3.8) is 0 Å². The third-order valence-electron chi connectivity index (χ3n) is 2.70. The van der Waals surface area contributed by atoms with Gasteiger partial charge >= 0.3 is 0 Å². The quantitative estimate of drug-likeness (QED) is 0.544. The molecule has 5 nitrogen and oxygen atoms in total. The van der Waals surface area contributed by atoms with E-state index < -0.39 is 0 Å². The van der Waals surface area contributed by atoms with Gasteiger partial charge in [-0.1, -0.05) is 12.1 Å². The Bertz CT molecular complexity index is 658. The maximum absolute atomic E-state index is 11.8. The fraction of sp³-hybridized carbons (Fsp3) is 0.143. The second kappa shape index (κ2) is 8.11. The Balaban J connectivity index is 1.74. The zero-order valence-corrected chi connectivity index (χ0v) is 14.9. The normalized spacial score (nSPS) is 9.91. The van der Waals surface area contributed by atoms with Crippen LogP contribution in [-0.2, 0) is 6.54 Å². The molecule has 0 atom stereocenters. The van der Waals surface area contributed by atoms with Crippen molar-refractivity contribution >= 4 is 50.5 Å². The number of nitrogens with one attached hydrogen (secondary N) is 3. The van der Waals surface area contributed by atoms with Gasteiger partial charge in [-0.3, -0.25) is 15.6 Å². The minimum absolute atomic E-state index is 0.232. The largest absolute Gasteiger partial charge is 0.497 e. The van der Waals surface area contributed by atoms with Gasteiger partial charge in [-0.2, -0.15) is 0 Å². The number of amides is 1. The summed E-state index contributed by atoms with van der Waals surface area (Å²) in [5, 5.41) is 3.35. The van der Waals surface area contributed by atoms with Crippen LogP contribution in [0.5, 0.6) is 5.75 Å². The van der Waals surface area contributed by atoms with Gasteiger partial charge in [-0.15, -0.1) is 11.3 Å². The van der Waals surface area contributed by atoms with Crippen LogP contribution in [0.15, 0.2) is 40.2 Å². The minimum atomic E-state index is -0.232. The number of rotatable bonds is 4. The van der Waals surface area contributed by atoms with Gasteiger partial charge in [0.25, 0.3) is 5.91 Å². The zero-order valence-electron chi connectivity index (χ0n) is 11.7. The number of thiophene rings is 1. The minimum Gasteiger partial charge on any atom is -0.497 e. The first-order valence-corrected chi connectivity index (χ1v) is 8.32. The number of halogens is 1. The van der Waals surface area contributed by atoms with E-state index in [4.69, 9.17) is 17.0 Å². The van der Waals surface area contributed by atoms with Gasteiger partial charge in [0.1, 0.15) is 5.75 Å². The summed E-state index contributed by atoms with van der Waals surface area (Å²) in [5.41, 5.74) is 6.27. The average Bonchev–Trinajstić information content (AvgIpc) is 2.97. The number of benzene rings is 1. The number of methoxy groups -OCH3 is 1. The standard InChI is InChI=1S/C14H14BrN3O2S2/c1-20-10-4-2-9(3-5-10)8-16-14(21)18-17-13(19)11-6-7-12(15)22-11/h2-7H,8H2,1H3,(H,17,19)(H2,16,18,21). The first-order chi connectivity index (χ1) is 10.6. The van der Waals surface area contributed by atoms with Gasteiger partial charge in [0.15, 0.2) is 5.11 Å². The molecule has 2 rings (SSSR count). The number of hydrogen-bond donors (Lipinski definition) is 3. The molecule has 3 N–H and O–H groups in total. The van der Waals surface area contributed by atoms with E-state index in [1.165, 1.54) is 11.3 Å². The summed E-state index contributed by atoms with van der Waals surface area (Å²) in [4.78, 5) is 12.4. The average molecular weight is 400 g/mol. The Morgan fingerprint density at radius 1 is 1.23 bits per heavy atom. The molecule has 1 aromatic carbocycles. The van der Waals surface area contributed by atoms with Crippen molar-refractivity contribution in [1.82, 2.24) is 16.2 Å². The molecule has 0 radical (unpaired) electrons. The maximum atomic E-state index is 11.8. The molecular formula is C14H14BrN3O2S2. The van der Waals surface area contributed by atoms with E-state index in [-0.39, 0.29) is 5.91 Å². The van der Waals surface area contributed by atoms with E-state index in [2.05, 4.69) is 32.1 Å². The van der Waals surface area contributed by atoms with Gasteiger partial charge in [0.2, 0.25) is 0 Å². The van der Waals surface area contributed by atoms with Crippen molar-refractivity contribution in [1.29, 1.82) is 0 Å². The smallest absolute Gasteiger partial charge is 0.279 e. The fourth-order valence-corrected chi connectivity index (χ4v) is 2.99. The monoisotopic (exact) mass is 399 g/mol. The summed E-state index contributed by atoms with van der Waals surface area (Å²) in [5.74, 6) is 0.572. The molecule has 0 unspecified atom stereocenters. The summed E-state index contributed by atoms with van der Waals surface area (Å²) in [6, 6.07) is 11.2. The molecular weight excluding hydrogens is 386 g/mol. The molecule has 1 aromatic heterocycles. The number of hydrogen-bond acceptors (Lipinski definition) is 4. The van der Waals surface area contributed by atoms with Crippen LogP contribution >= 0.6 is 39.5 Å². The topological polar surface area (TPSA) is 62.4 Å². The fourth-order valence-electron chi connectivity index (χ4n) is 1.58. The zero-order chi connectivity index (χ0) is 15.9. The lowest BCUT2D eigenvalue weighted by atomic mass is 10.2. The van der Waals surface area contributed by atoms with Crippen LogP contribution in [-0.4, -0.2) is 18.1 Å². The van der Waals surface area contributed by atoms with Crippen LogP contribution < -0.4 is 20.9 Å². The van der Waals surface area contributed by atoms with Crippen LogP contribution in [0.25, 0.3) is 0 Å². The first kappa shape index (κ1) is 16.7. The second-order valence-electron chi connectivity index (χ2n) is 4.21. The molecule has 22 heavy (non-hydrogen) atoms. The SMILES string of the molecule is COc1ccc(CNC(=S)NNC(=O)c2ccc(Br)s2)cc1. The number of carbonyl (C=O) groups is 1.